The summed E-state index contributed by atoms with van der Waals surface area (Å²) in [4.78, 5) is 14.2. The molecule has 0 spiro atoms. The molecule has 2 unspecified atom stereocenters. The Morgan fingerprint density at radius 3 is 2.74 bits per heavy atom. The Hall–Kier alpha value is -1.55. The predicted octanol–water partition coefficient (Wildman–Crippen LogP) is 2.98. The number of carbonyl (C=O) groups is 1. The van der Waals surface area contributed by atoms with Crippen LogP contribution in [0.3, 0.4) is 0 Å². The molecule has 23 heavy (non-hydrogen) atoms. The van der Waals surface area contributed by atoms with Gasteiger partial charge < -0.3 is 14.7 Å². The van der Waals surface area contributed by atoms with Gasteiger partial charge in [0.1, 0.15) is 5.75 Å². The number of likely N-dealkylation sites (tertiary alicyclic amines) is 1. The molecule has 2 atom stereocenters. The van der Waals surface area contributed by atoms with Gasteiger partial charge in [-0.15, -0.1) is 0 Å². The third-order valence-electron chi connectivity index (χ3n) is 4.54. The standard InChI is InChI=1S/C19H29NO3/c1-14(21)15-8-7-11-20(12-15)18(22)13-23-17-10-6-5-9-16(17)19(2,3)4/h5-6,9-10,14-15,21H,7-8,11-13H2,1-4H3. The third-order valence-corrected chi connectivity index (χ3v) is 4.54. The number of hydrogen-bond acceptors (Lipinski definition) is 3. The van der Waals surface area contributed by atoms with Crippen molar-refractivity contribution in [2.45, 2.75) is 52.1 Å². The summed E-state index contributed by atoms with van der Waals surface area (Å²) in [5.41, 5.74) is 1.08. The van der Waals surface area contributed by atoms with E-state index in [1.807, 2.05) is 29.2 Å². The van der Waals surface area contributed by atoms with Gasteiger partial charge in [-0.1, -0.05) is 39.0 Å². The molecule has 2 rings (SSSR count). The molecule has 1 aromatic rings. The highest BCUT2D eigenvalue weighted by Crippen LogP contribution is 2.31. The molecule has 0 saturated carbocycles. The average Bonchev–Trinajstić information content (AvgIpc) is 2.52. The van der Waals surface area contributed by atoms with Crippen LogP contribution < -0.4 is 4.74 Å². The fourth-order valence-corrected chi connectivity index (χ4v) is 3.07. The summed E-state index contributed by atoms with van der Waals surface area (Å²) >= 11 is 0. The molecular formula is C19H29NO3. The molecule has 1 fully saturated rings. The van der Waals surface area contributed by atoms with Crippen molar-refractivity contribution in [1.82, 2.24) is 4.90 Å². The molecule has 1 N–H and O–H groups in total. The number of hydrogen-bond donors (Lipinski definition) is 1. The lowest BCUT2D eigenvalue weighted by Crippen LogP contribution is -2.44. The number of para-hydroxylation sites is 1. The van der Waals surface area contributed by atoms with E-state index in [4.69, 9.17) is 4.74 Å². The lowest BCUT2D eigenvalue weighted by atomic mass is 9.86. The number of benzene rings is 1. The van der Waals surface area contributed by atoms with Gasteiger partial charge in [0.25, 0.3) is 5.91 Å². The van der Waals surface area contributed by atoms with Crippen molar-refractivity contribution < 1.29 is 14.6 Å². The van der Waals surface area contributed by atoms with E-state index in [9.17, 15) is 9.90 Å². The Balaban J connectivity index is 1.97. The van der Waals surface area contributed by atoms with Crippen molar-refractivity contribution in [1.29, 1.82) is 0 Å². The van der Waals surface area contributed by atoms with Crippen LogP contribution in [0, 0.1) is 5.92 Å². The number of aliphatic hydroxyl groups is 1. The van der Waals surface area contributed by atoms with Crippen LogP contribution in [0.4, 0.5) is 0 Å². The van der Waals surface area contributed by atoms with E-state index in [1.165, 1.54) is 0 Å². The Bertz CT molecular complexity index is 534. The van der Waals surface area contributed by atoms with Gasteiger partial charge in [-0.2, -0.15) is 0 Å². The molecule has 1 saturated heterocycles. The molecule has 0 radical (unpaired) electrons. The highest BCUT2D eigenvalue weighted by molar-refractivity contribution is 5.78. The lowest BCUT2D eigenvalue weighted by Gasteiger charge is -2.34. The highest BCUT2D eigenvalue weighted by atomic mass is 16.5. The molecular weight excluding hydrogens is 290 g/mol. The van der Waals surface area contributed by atoms with E-state index in [2.05, 4.69) is 20.8 Å². The van der Waals surface area contributed by atoms with Crippen molar-refractivity contribution >= 4 is 5.91 Å². The fraction of sp³-hybridized carbons (Fsp3) is 0.632. The van der Waals surface area contributed by atoms with Crippen molar-refractivity contribution in [3.63, 3.8) is 0 Å². The fourth-order valence-electron chi connectivity index (χ4n) is 3.07. The van der Waals surface area contributed by atoms with E-state index in [-0.39, 0.29) is 30.0 Å². The molecule has 0 aliphatic carbocycles. The molecule has 1 aliphatic rings. The molecule has 128 valence electrons. The lowest BCUT2D eigenvalue weighted by molar-refractivity contribution is -0.136. The monoisotopic (exact) mass is 319 g/mol. The number of rotatable bonds is 4. The minimum absolute atomic E-state index is 0.000868. The van der Waals surface area contributed by atoms with Crippen LogP contribution in [0.15, 0.2) is 24.3 Å². The SMILES string of the molecule is CC(O)C1CCCN(C(=O)COc2ccccc2C(C)(C)C)C1. The van der Waals surface area contributed by atoms with E-state index in [0.717, 1.165) is 30.7 Å². The topological polar surface area (TPSA) is 49.8 Å². The number of piperidine rings is 1. The molecule has 0 aromatic heterocycles. The van der Waals surface area contributed by atoms with Crippen molar-refractivity contribution in [3.05, 3.63) is 29.8 Å². The summed E-state index contributed by atoms with van der Waals surface area (Å²) < 4.78 is 5.82. The number of nitrogens with zero attached hydrogens (tertiary/aromatic N) is 1. The second kappa shape index (κ2) is 7.35. The highest BCUT2D eigenvalue weighted by Gasteiger charge is 2.27. The van der Waals surface area contributed by atoms with Crippen molar-refractivity contribution in [2.75, 3.05) is 19.7 Å². The number of aliphatic hydroxyl groups excluding tert-OH is 1. The quantitative estimate of drug-likeness (QED) is 0.928. The molecule has 0 bridgehead atoms. The van der Waals surface area contributed by atoms with Crippen LogP contribution in [-0.4, -0.2) is 41.7 Å². The summed E-state index contributed by atoms with van der Waals surface area (Å²) in [7, 11) is 0. The van der Waals surface area contributed by atoms with Gasteiger partial charge >= 0.3 is 0 Å². The summed E-state index contributed by atoms with van der Waals surface area (Å²) in [6, 6.07) is 7.89. The normalized spacial score (nSPS) is 20.2. The van der Waals surface area contributed by atoms with Gasteiger partial charge in [0, 0.05) is 19.0 Å². The number of ether oxygens (including phenoxy) is 1. The Labute approximate surface area is 139 Å². The first-order valence-electron chi connectivity index (χ1n) is 8.47. The van der Waals surface area contributed by atoms with Crippen molar-refractivity contribution in [2.24, 2.45) is 5.92 Å². The van der Waals surface area contributed by atoms with E-state index in [0.29, 0.717) is 6.54 Å². The zero-order chi connectivity index (χ0) is 17.0. The Morgan fingerprint density at radius 2 is 2.09 bits per heavy atom. The zero-order valence-corrected chi connectivity index (χ0v) is 14.7. The third kappa shape index (κ3) is 4.71. The zero-order valence-electron chi connectivity index (χ0n) is 14.7. The van der Waals surface area contributed by atoms with E-state index in [1.54, 1.807) is 6.92 Å². The molecule has 4 heteroatoms. The predicted molar refractivity (Wildman–Crippen MR) is 91.6 cm³/mol. The van der Waals surface area contributed by atoms with Gasteiger partial charge in [0.2, 0.25) is 0 Å². The molecule has 4 nitrogen and oxygen atoms in total. The maximum absolute atomic E-state index is 12.4. The van der Waals surface area contributed by atoms with Crippen LogP contribution in [0.1, 0.15) is 46.1 Å². The minimum Gasteiger partial charge on any atom is -0.483 e. The van der Waals surface area contributed by atoms with Gasteiger partial charge in [-0.25, -0.2) is 0 Å². The second-order valence-corrected chi connectivity index (χ2v) is 7.52. The number of carbonyl (C=O) groups excluding carboxylic acids is 1. The molecule has 1 amide bonds. The Morgan fingerprint density at radius 1 is 1.39 bits per heavy atom. The van der Waals surface area contributed by atoms with Crippen molar-refractivity contribution in [3.8, 4) is 5.75 Å². The summed E-state index contributed by atoms with van der Waals surface area (Å²) in [6.07, 6.45) is 1.56. The molecule has 1 aromatic carbocycles. The van der Waals surface area contributed by atoms with Crippen LogP contribution in [0.2, 0.25) is 0 Å². The van der Waals surface area contributed by atoms with Crippen LogP contribution >= 0.6 is 0 Å². The largest absolute Gasteiger partial charge is 0.483 e. The maximum atomic E-state index is 12.4. The summed E-state index contributed by atoms with van der Waals surface area (Å²) in [6.45, 7) is 9.64. The van der Waals surface area contributed by atoms with E-state index < -0.39 is 0 Å². The van der Waals surface area contributed by atoms with Crippen LogP contribution in [-0.2, 0) is 10.2 Å². The van der Waals surface area contributed by atoms with Crippen LogP contribution in [0.25, 0.3) is 0 Å². The summed E-state index contributed by atoms with van der Waals surface area (Å²) in [5.74, 6) is 0.950. The minimum atomic E-state index is -0.367. The van der Waals surface area contributed by atoms with Crippen LogP contribution in [0.5, 0.6) is 5.75 Å². The van der Waals surface area contributed by atoms with Gasteiger partial charge in [0.05, 0.1) is 6.10 Å². The second-order valence-electron chi connectivity index (χ2n) is 7.52. The Kier molecular flexibility index (Phi) is 5.69. The first kappa shape index (κ1) is 17.8. The van der Waals surface area contributed by atoms with Gasteiger partial charge in [0.15, 0.2) is 6.61 Å². The van der Waals surface area contributed by atoms with Gasteiger partial charge in [-0.05, 0) is 36.8 Å². The van der Waals surface area contributed by atoms with Gasteiger partial charge in [-0.3, -0.25) is 4.79 Å². The first-order valence-corrected chi connectivity index (χ1v) is 8.47. The maximum Gasteiger partial charge on any atom is 0.260 e. The smallest absolute Gasteiger partial charge is 0.260 e. The molecule has 1 heterocycles. The van der Waals surface area contributed by atoms with E-state index >= 15 is 0 Å². The number of amides is 1. The summed E-state index contributed by atoms with van der Waals surface area (Å²) in [5, 5.41) is 9.74. The first-order chi connectivity index (χ1) is 10.8. The molecule has 1 aliphatic heterocycles. The average molecular weight is 319 g/mol.